The molecule has 2 radical (unpaired) electrons. The first-order chi connectivity index (χ1) is 2.81. The summed E-state index contributed by atoms with van der Waals surface area (Å²) in [6.07, 6.45) is 0.267. The number of hydrogen-bond donors (Lipinski definition) is 1. The summed E-state index contributed by atoms with van der Waals surface area (Å²) in [5.74, 6) is -0.130. The molecule has 0 bridgehead atoms. The summed E-state index contributed by atoms with van der Waals surface area (Å²) in [6, 6.07) is 0. The Morgan fingerprint density at radius 1 is 1.83 bits per heavy atom. The second-order valence-corrected chi connectivity index (χ2v) is 0.850. The third kappa shape index (κ3) is 1.76. The van der Waals surface area contributed by atoms with Gasteiger partial charge in [-0.15, -0.1) is 0 Å². The van der Waals surface area contributed by atoms with E-state index in [0.717, 1.165) is 0 Å². The zero-order valence-corrected chi connectivity index (χ0v) is 3.53. The lowest BCUT2D eigenvalue weighted by molar-refractivity contribution is -0.119. The fourth-order valence-electron chi connectivity index (χ4n) is 0.0884. The Morgan fingerprint density at radius 2 is 2.33 bits per heavy atom. The minimum Gasteiger partial charge on any atom is -0.354 e. The van der Waals surface area contributed by atoms with E-state index in [2.05, 4.69) is 19.3 Å². The molecule has 0 aromatic carbocycles. The highest BCUT2D eigenvalue weighted by Gasteiger charge is 1.84. The molecule has 0 fully saturated rings. The summed E-state index contributed by atoms with van der Waals surface area (Å²) in [7, 11) is 3.12. The van der Waals surface area contributed by atoms with Crippen molar-refractivity contribution in [3.8, 4) is 0 Å². The van der Waals surface area contributed by atoms with Gasteiger partial charge in [-0.1, -0.05) is 0 Å². The average molecular weight is 85.1 g/mol. The predicted octanol–water partition coefficient (Wildman–Crippen LogP) is 0.118. The van der Waals surface area contributed by atoms with E-state index in [-0.39, 0.29) is 12.3 Å². The first kappa shape index (κ1) is 5.47. The molecule has 0 spiro atoms. The molecule has 2 heteroatoms. The number of nitrogens with one attached hydrogen (secondary N) is 1. The Morgan fingerprint density at radius 3 is 2.33 bits per heavy atom. The third-order valence-corrected chi connectivity index (χ3v) is 0.424. The molecule has 0 aromatic rings. The minimum atomic E-state index is -0.130. The highest BCUT2D eigenvalue weighted by molar-refractivity contribution is 5.76. The Hall–Kier alpha value is -0.530. The molecule has 0 aliphatic rings. The molecule has 0 aliphatic heterocycles. The van der Waals surface area contributed by atoms with Gasteiger partial charge in [0.25, 0.3) is 0 Å². The van der Waals surface area contributed by atoms with Gasteiger partial charge in [0, 0.05) is 13.5 Å². The number of carbonyl (C=O) groups excluding carboxylic acids is 1. The van der Waals surface area contributed by atoms with E-state index < -0.39 is 0 Å². The Bertz CT molecular complexity index is 45.5. The summed E-state index contributed by atoms with van der Waals surface area (Å²) in [6.45, 7) is 3.30. The summed E-state index contributed by atoms with van der Waals surface area (Å²) < 4.78 is 0. The topological polar surface area (TPSA) is 29.1 Å². The van der Waals surface area contributed by atoms with Crippen LogP contribution in [0.15, 0.2) is 0 Å². The second-order valence-electron chi connectivity index (χ2n) is 0.850. The first-order valence-electron chi connectivity index (χ1n) is 1.66. The molecular formula is C4H7NO. The van der Waals surface area contributed by atoms with Crippen LogP contribution in [0.1, 0.15) is 6.42 Å². The van der Waals surface area contributed by atoms with Gasteiger partial charge in [0.1, 0.15) is 0 Å². The molecule has 6 heavy (non-hydrogen) atoms. The molecule has 0 aliphatic carbocycles. The van der Waals surface area contributed by atoms with Gasteiger partial charge < -0.3 is 5.32 Å². The maximum atomic E-state index is 9.94. The molecule has 0 unspecified atom stereocenters. The molecular weight excluding hydrogens is 78.0 g/mol. The average Bonchev–Trinajstić information content (AvgIpc) is 1.65. The summed E-state index contributed by atoms with van der Waals surface area (Å²) in [4.78, 5) is 9.94. The van der Waals surface area contributed by atoms with E-state index in [9.17, 15) is 4.79 Å². The highest BCUT2D eigenvalue weighted by Crippen LogP contribution is 1.68. The summed E-state index contributed by atoms with van der Waals surface area (Å²) in [5.41, 5.74) is 0. The van der Waals surface area contributed by atoms with Crippen LogP contribution in [-0.4, -0.2) is 5.91 Å². The van der Waals surface area contributed by atoms with Crippen LogP contribution in [0.25, 0.3) is 0 Å². The van der Waals surface area contributed by atoms with Crippen LogP contribution < -0.4 is 5.32 Å². The molecule has 1 N–H and O–H groups in total. The van der Waals surface area contributed by atoms with Gasteiger partial charge in [-0.05, 0) is 6.92 Å². The van der Waals surface area contributed by atoms with Crippen molar-refractivity contribution in [2.45, 2.75) is 6.42 Å². The maximum absolute atomic E-state index is 9.94. The van der Waals surface area contributed by atoms with Crippen molar-refractivity contribution >= 4 is 5.91 Å². The largest absolute Gasteiger partial charge is 0.354 e. The Kier molecular flexibility index (Phi) is 2.46. The molecule has 0 saturated heterocycles. The van der Waals surface area contributed by atoms with Crippen LogP contribution in [0, 0.1) is 14.0 Å². The van der Waals surface area contributed by atoms with Gasteiger partial charge in [-0.3, -0.25) is 4.79 Å². The van der Waals surface area contributed by atoms with Crippen molar-refractivity contribution in [2.75, 3.05) is 0 Å². The van der Waals surface area contributed by atoms with E-state index >= 15 is 0 Å². The lowest BCUT2D eigenvalue weighted by atomic mass is 10.5. The van der Waals surface area contributed by atoms with E-state index in [1.807, 2.05) is 0 Å². The van der Waals surface area contributed by atoms with Crippen LogP contribution in [0.3, 0.4) is 0 Å². The normalized spacial score (nSPS) is 7.67. The minimum absolute atomic E-state index is 0.130. The zero-order chi connectivity index (χ0) is 4.99. The maximum Gasteiger partial charge on any atom is 0.220 e. The Labute approximate surface area is 37.5 Å². The van der Waals surface area contributed by atoms with Gasteiger partial charge >= 0.3 is 0 Å². The SMILES string of the molecule is [CH2]CC(=O)N[CH2]. The monoisotopic (exact) mass is 85.1 g/mol. The lowest BCUT2D eigenvalue weighted by Gasteiger charge is -1.86. The summed E-state index contributed by atoms with van der Waals surface area (Å²) in [5, 5.41) is 2.16. The van der Waals surface area contributed by atoms with Gasteiger partial charge in [0.2, 0.25) is 5.91 Å². The lowest BCUT2D eigenvalue weighted by Crippen LogP contribution is -2.12. The van der Waals surface area contributed by atoms with E-state index in [1.165, 1.54) is 0 Å². The molecule has 0 saturated carbocycles. The van der Waals surface area contributed by atoms with Crippen molar-refractivity contribution in [3.05, 3.63) is 14.0 Å². The summed E-state index contributed by atoms with van der Waals surface area (Å²) >= 11 is 0. The molecule has 0 heterocycles. The molecule has 1 amide bonds. The van der Waals surface area contributed by atoms with Gasteiger partial charge in [-0.2, -0.15) is 0 Å². The molecule has 34 valence electrons. The third-order valence-electron chi connectivity index (χ3n) is 0.424. The molecule has 0 aromatic heterocycles. The van der Waals surface area contributed by atoms with Gasteiger partial charge in [-0.25, -0.2) is 0 Å². The molecule has 0 atom stereocenters. The second kappa shape index (κ2) is 2.69. The number of rotatable bonds is 1. The van der Waals surface area contributed by atoms with Crippen LogP contribution in [0.5, 0.6) is 0 Å². The fourth-order valence-corrected chi connectivity index (χ4v) is 0.0884. The van der Waals surface area contributed by atoms with E-state index in [1.54, 1.807) is 0 Å². The first-order valence-corrected chi connectivity index (χ1v) is 1.66. The van der Waals surface area contributed by atoms with Crippen molar-refractivity contribution in [1.29, 1.82) is 0 Å². The van der Waals surface area contributed by atoms with Crippen molar-refractivity contribution < 1.29 is 4.79 Å². The zero-order valence-electron chi connectivity index (χ0n) is 3.53. The number of carbonyl (C=O) groups is 1. The standard InChI is InChI=1S/C4H7NO/c1-3-4(6)5-2/h1-3H2,(H,5,6). The van der Waals surface area contributed by atoms with Crippen LogP contribution in [0.2, 0.25) is 0 Å². The van der Waals surface area contributed by atoms with Crippen LogP contribution in [-0.2, 0) is 4.79 Å². The van der Waals surface area contributed by atoms with Crippen molar-refractivity contribution in [1.82, 2.24) is 5.32 Å². The fraction of sp³-hybridized carbons (Fsp3) is 0.250. The van der Waals surface area contributed by atoms with Crippen molar-refractivity contribution in [2.24, 2.45) is 0 Å². The van der Waals surface area contributed by atoms with Crippen LogP contribution in [0.4, 0.5) is 0 Å². The highest BCUT2D eigenvalue weighted by atomic mass is 16.1. The molecule has 0 rings (SSSR count). The Balaban J connectivity index is 2.99. The molecule has 2 nitrogen and oxygen atoms in total. The quantitative estimate of drug-likeness (QED) is 0.481. The van der Waals surface area contributed by atoms with Gasteiger partial charge in [0.15, 0.2) is 0 Å². The van der Waals surface area contributed by atoms with Crippen molar-refractivity contribution in [3.63, 3.8) is 0 Å². The van der Waals surface area contributed by atoms with Crippen LogP contribution >= 0.6 is 0 Å². The number of amides is 1. The van der Waals surface area contributed by atoms with E-state index in [4.69, 9.17) is 0 Å². The number of hydrogen-bond acceptors (Lipinski definition) is 1. The van der Waals surface area contributed by atoms with E-state index in [0.29, 0.717) is 0 Å². The smallest absolute Gasteiger partial charge is 0.220 e. The van der Waals surface area contributed by atoms with Gasteiger partial charge in [0.05, 0.1) is 0 Å². The predicted molar refractivity (Wildman–Crippen MR) is 23.5 cm³/mol.